The second-order valence-electron chi connectivity index (χ2n) is 7.46. The van der Waals surface area contributed by atoms with Gasteiger partial charge in [-0.15, -0.1) is 0 Å². The molecule has 0 unspecified atom stereocenters. The third-order valence-electron chi connectivity index (χ3n) is 5.24. The normalized spacial score (nSPS) is 15.0. The molecule has 2 aromatic carbocycles. The summed E-state index contributed by atoms with van der Waals surface area (Å²) >= 11 is 5.72. The van der Waals surface area contributed by atoms with Crippen molar-refractivity contribution in [2.75, 3.05) is 38.2 Å². The van der Waals surface area contributed by atoms with E-state index in [9.17, 15) is 13.2 Å². The Balaban J connectivity index is 1.71. The number of halogens is 4. The molecule has 0 aliphatic carbocycles. The van der Waals surface area contributed by atoms with E-state index in [1.54, 1.807) is 0 Å². The van der Waals surface area contributed by atoms with Crippen LogP contribution in [0.2, 0.25) is 5.02 Å². The van der Waals surface area contributed by atoms with Crippen LogP contribution in [0.4, 0.5) is 18.9 Å². The van der Waals surface area contributed by atoms with Gasteiger partial charge in [-0.2, -0.15) is 13.2 Å². The number of ether oxygens (including phenoxy) is 2. The molecule has 1 saturated heterocycles. The van der Waals surface area contributed by atoms with Crippen LogP contribution in [0.5, 0.6) is 11.5 Å². The average molecular weight is 457 g/mol. The minimum absolute atomic E-state index is 0.258. The van der Waals surface area contributed by atoms with Gasteiger partial charge in [-0.05, 0) is 63.2 Å². The molecule has 0 radical (unpaired) electrons. The van der Waals surface area contributed by atoms with Gasteiger partial charge in [0.25, 0.3) is 0 Å². The first-order valence-corrected chi connectivity index (χ1v) is 11.0. The second kappa shape index (κ2) is 11.0. The van der Waals surface area contributed by atoms with Gasteiger partial charge in [-0.3, -0.25) is 4.90 Å². The average Bonchev–Trinajstić information content (AvgIpc) is 2.74. The highest BCUT2D eigenvalue weighted by Gasteiger charge is 2.33. The molecule has 3 rings (SSSR count). The van der Waals surface area contributed by atoms with Crippen molar-refractivity contribution < 1.29 is 22.6 Å². The van der Waals surface area contributed by atoms with Gasteiger partial charge in [0.15, 0.2) is 0 Å². The van der Waals surface area contributed by atoms with E-state index < -0.39 is 11.7 Å². The van der Waals surface area contributed by atoms with Crippen LogP contribution in [0.25, 0.3) is 0 Å². The lowest BCUT2D eigenvalue weighted by molar-refractivity contribution is -0.137. The van der Waals surface area contributed by atoms with Crippen LogP contribution in [-0.4, -0.2) is 37.7 Å². The Bertz CT molecular complexity index is 855. The number of nitrogens with zero attached hydrogens (tertiary/aromatic N) is 1. The Labute approximate surface area is 186 Å². The SMILES string of the molecule is CCOc1cccc(OCCN2CCCCC2)c1CNc1ccc(Cl)c(C(F)(F)F)c1. The predicted octanol–water partition coefficient (Wildman–Crippen LogP) is 6.23. The molecular weight excluding hydrogens is 429 g/mol. The molecule has 0 bridgehead atoms. The van der Waals surface area contributed by atoms with Crippen molar-refractivity contribution in [3.8, 4) is 11.5 Å². The van der Waals surface area contributed by atoms with Crippen LogP contribution in [0.3, 0.4) is 0 Å². The highest BCUT2D eigenvalue weighted by atomic mass is 35.5. The summed E-state index contributed by atoms with van der Waals surface area (Å²) in [4.78, 5) is 2.39. The Hall–Kier alpha value is -2.12. The Morgan fingerprint density at radius 1 is 1.03 bits per heavy atom. The lowest BCUT2D eigenvalue weighted by Gasteiger charge is -2.26. The van der Waals surface area contributed by atoms with Crippen molar-refractivity contribution in [3.63, 3.8) is 0 Å². The summed E-state index contributed by atoms with van der Waals surface area (Å²) in [5.41, 5.74) is 0.226. The Morgan fingerprint density at radius 3 is 2.42 bits per heavy atom. The summed E-state index contributed by atoms with van der Waals surface area (Å²) in [6.07, 6.45) is -0.795. The number of piperidine rings is 1. The molecule has 0 atom stereocenters. The number of rotatable bonds is 9. The quantitative estimate of drug-likeness (QED) is 0.484. The maximum Gasteiger partial charge on any atom is 0.417 e. The fourth-order valence-corrected chi connectivity index (χ4v) is 3.88. The van der Waals surface area contributed by atoms with Crippen molar-refractivity contribution in [2.45, 2.75) is 38.9 Å². The van der Waals surface area contributed by atoms with Gasteiger partial charge in [0, 0.05) is 18.8 Å². The van der Waals surface area contributed by atoms with Gasteiger partial charge in [0.1, 0.15) is 18.1 Å². The molecule has 2 aromatic rings. The van der Waals surface area contributed by atoms with E-state index in [4.69, 9.17) is 21.1 Å². The number of likely N-dealkylation sites (tertiary alicyclic amines) is 1. The summed E-state index contributed by atoms with van der Waals surface area (Å²) in [5.74, 6) is 1.32. The molecule has 0 saturated carbocycles. The summed E-state index contributed by atoms with van der Waals surface area (Å²) in [7, 11) is 0. The molecule has 0 amide bonds. The number of benzene rings is 2. The number of nitrogens with one attached hydrogen (secondary N) is 1. The number of anilines is 1. The van der Waals surface area contributed by atoms with Gasteiger partial charge >= 0.3 is 6.18 Å². The van der Waals surface area contributed by atoms with E-state index in [1.807, 2.05) is 25.1 Å². The highest BCUT2D eigenvalue weighted by Crippen LogP contribution is 2.37. The number of hydrogen-bond donors (Lipinski definition) is 1. The molecule has 0 spiro atoms. The first kappa shape index (κ1) is 23.5. The van der Waals surface area contributed by atoms with E-state index in [0.717, 1.165) is 31.3 Å². The molecule has 8 heteroatoms. The molecule has 170 valence electrons. The summed E-state index contributed by atoms with van der Waals surface area (Å²) in [6.45, 7) is 6.19. The van der Waals surface area contributed by atoms with Gasteiger partial charge in [-0.1, -0.05) is 24.1 Å². The molecule has 1 aliphatic heterocycles. The first-order chi connectivity index (χ1) is 14.9. The van der Waals surface area contributed by atoms with Gasteiger partial charge in [0.05, 0.1) is 22.8 Å². The van der Waals surface area contributed by atoms with Crippen molar-refractivity contribution >= 4 is 17.3 Å². The maximum atomic E-state index is 13.2. The van der Waals surface area contributed by atoms with Gasteiger partial charge in [0.2, 0.25) is 0 Å². The molecule has 4 nitrogen and oxygen atoms in total. The van der Waals surface area contributed by atoms with Crippen LogP contribution in [0.1, 0.15) is 37.3 Å². The fraction of sp³-hybridized carbons (Fsp3) is 0.478. The number of hydrogen-bond acceptors (Lipinski definition) is 4. The molecular formula is C23H28ClF3N2O2. The Morgan fingerprint density at radius 2 is 1.74 bits per heavy atom. The minimum Gasteiger partial charge on any atom is -0.493 e. The predicted molar refractivity (Wildman–Crippen MR) is 117 cm³/mol. The van der Waals surface area contributed by atoms with E-state index in [-0.39, 0.29) is 11.6 Å². The van der Waals surface area contributed by atoms with Crippen LogP contribution in [0.15, 0.2) is 36.4 Å². The zero-order valence-electron chi connectivity index (χ0n) is 17.6. The third-order valence-corrected chi connectivity index (χ3v) is 5.57. The van der Waals surface area contributed by atoms with Crippen LogP contribution < -0.4 is 14.8 Å². The molecule has 0 aromatic heterocycles. The second-order valence-corrected chi connectivity index (χ2v) is 7.87. The molecule has 31 heavy (non-hydrogen) atoms. The standard InChI is InChI=1S/C23H28ClF3N2O2/c1-2-30-21-7-6-8-22(31-14-13-29-11-4-3-5-12-29)18(21)16-28-17-9-10-20(24)19(15-17)23(25,26)27/h6-10,15,28H,2-5,11-14,16H2,1H3. The number of alkyl halides is 3. The van der Waals surface area contributed by atoms with E-state index in [1.165, 1.54) is 31.4 Å². The van der Waals surface area contributed by atoms with Crippen molar-refractivity contribution in [2.24, 2.45) is 0 Å². The maximum absolute atomic E-state index is 13.2. The lowest BCUT2D eigenvalue weighted by Crippen LogP contribution is -2.33. The highest BCUT2D eigenvalue weighted by molar-refractivity contribution is 6.31. The first-order valence-electron chi connectivity index (χ1n) is 10.6. The van der Waals surface area contributed by atoms with E-state index >= 15 is 0 Å². The van der Waals surface area contributed by atoms with Crippen molar-refractivity contribution in [3.05, 3.63) is 52.5 Å². The van der Waals surface area contributed by atoms with Gasteiger partial charge in [-0.25, -0.2) is 0 Å². The summed E-state index contributed by atoms with van der Waals surface area (Å²) in [6, 6.07) is 9.34. The molecule has 1 N–H and O–H groups in total. The molecule has 1 aliphatic rings. The monoisotopic (exact) mass is 456 g/mol. The Kier molecular flexibility index (Phi) is 8.32. The lowest BCUT2D eigenvalue weighted by atomic mass is 10.1. The van der Waals surface area contributed by atoms with Crippen molar-refractivity contribution in [1.29, 1.82) is 0 Å². The zero-order valence-corrected chi connectivity index (χ0v) is 18.4. The van der Waals surface area contributed by atoms with Crippen LogP contribution >= 0.6 is 11.6 Å². The van der Waals surface area contributed by atoms with Crippen LogP contribution in [-0.2, 0) is 12.7 Å². The molecule has 1 fully saturated rings. The minimum atomic E-state index is -4.51. The fourth-order valence-electron chi connectivity index (χ4n) is 3.66. The van der Waals surface area contributed by atoms with E-state index in [0.29, 0.717) is 30.4 Å². The topological polar surface area (TPSA) is 33.7 Å². The van der Waals surface area contributed by atoms with E-state index in [2.05, 4.69) is 10.2 Å². The smallest absolute Gasteiger partial charge is 0.417 e. The summed E-state index contributed by atoms with van der Waals surface area (Å²) in [5, 5.41) is 2.73. The zero-order chi connectivity index (χ0) is 22.3. The molecule has 1 heterocycles. The summed E-state index contributed by atoms with van der Waals surface area (Å²) < 4.78 is 51.2. The van der Waals surface area contributed by atoms with Crippen molar-refractivity contribution in [1.82, 2.24) is 4.90 Å². The third kappa shape index (κ3) is 6.68. The van der Waals surface area contributed by atoms with Gasteiger partial charge < -0.3 is 14.8 Å². The largest absolute Gasteiger partial charge is 0.493 e. The van der Waals surface area contributed by atoms with Crippen LogP contribution in [0, 0.1) is 0 Å².